The van der Waals surface area contributed by atoms with Gasteiger partial charge in [-0.1, -0.05) is 6.07 Å². The van der Waals surface area contributed by atoms with Gasteiger partial charge in [0.25, 0.3) is 5.91 Å². The zero-order chi connectivity index (χ0) is 21.4. The van der Waals surface area contributed by atoms with Gasteiger partial charge in [-0.05, 0) is 56.0 Å². The summed E-state index contributed by atoms with van der Waals surface area (Å²) in [5.74, 6) is -1.20. The monoisotopic (exact) mass is 422 g/mol. The van der Waals surface area contributed by atoms with Crippen LogP contribution in [0.2, 0.25) is 0 Å². The molecule has 3 amide bonds. The number of nitrogens with one attached hydrogen (secondary N) is 1. The highest BCUT2D eigenvalue weighted by atomic mass is 16.3. The Balaban J connectivity index is 1.44. The van der Waals surface area contributed by atoms with E-state index in [1.165, 1.54) is 11.2 Å². The van der Waals surface area contributed by atoms with Gasteiger partial charge in [0.05, 0.1) is 23.8 Å². The summed E-state index contributed by atoms with van der Waals surface area (Å²) in [5.41, 5.74) is 1.49. The average Bonchev–Trinajstić information content (AvgIpc) is 3.49. The number of amides is 3. The van der Waals surface area contributed by atoms with Crippen LogP contribution in [-0.2, 0) is 16.1 Å². The Morgan fingerprint density at radius 1 is 1.13 bits per heavy atom. The molecule has 162 valence electrons. The SMILES string of the molecule is O=C(c1ccco1)N1Cc2cccnc2C(C(=O)N(C(=O)C2CCCNC2)C2CC2)C1. The molecule has 8 heteroatoms. The fourth-order valence-corrected chi connectivity index (χ4v) is 4.61. The first kappa shape index (κ1) is 19.9. The lowest BCUT2D eigenvalue weighted by atomic mass is 9.91. The highest BCUT2D eigenvalue weighted by Crippen LogP contribution is 2.35. The Morgan fingerprint density at radius 3 is 2.71 bits per heavy atom. The van der Waals surface area contributed by atoms with E-state index in [1.807, 2.05) is 6.07 Å². The normalized spacial score (nSPS) is 23.2. The van der Waals surface area contributed by atoms with Gasteiger partial charge in [-0.2, -0.15) is 0 Å². The van der Waals surface area contributed by atoms with Gasteiger partial charge in [0, 0.05) is 31.9 Å². The van der Waals surface area contributed by atoms with Gasteiger partial charge in [-0.25, -0.2) is 0 Å². The van der Waals surface area contributed by atoms with E-state index in [0.29, 0.717) is 18.8 Å². The molecule has 0 aromatic carbocycles. The Kier molecular flexibility index (Phi) is 5.31. The molecule has 3 aliphatic rings. The van der Waals surface area contributed by atoms with Crippen LogP contribution in [0.15, 0.2) is 41.1 Å². The highest BCUT2D eigenvalue weighted by Gasteiger charge is 2.45. The van der Waals surface area contributed by atoms with Crippen LogP contribution in [0.4, 0.5) is 0 Å². The third-order valence-electron chi connectivity index (χ3n) is 6.37. The van der Waals surface area contributed by atoms with Crippen molar-refractivity contribution in [2.24, 2.45) is 5.92 Å². The van der Waals surface area contributed by atoms with Crippen molar-refractivity contribution < 1.29 is 18.8 Å². The fourth-order valence-electron chi connectivity index (χ4n) is 4.61. The molecule has 0 radical (unpaired) electrons. The van der Waals surface area contributed by atoms with Crippen molar-refractivity contribution in [3.8, 4) is 0 Å². The quantitative estimate of drug-likeness (QED) is 0.757. The van der Waals surface area contributed by atoms with Gasteiger partial charge in [0.1, 0.15) is 0 Å². The number of pyridine rings is 1. The van der Waals surface area contributed by atoms with Crippen molar-refractivity contribution in [3.05, 3.63) is 53.7 Å². The van der Waals surface area contributed by atoms with E-state index >= 15 is 0 Å². The van der Waals surface area contributed by atoms with Gasteiger partial charge < -0.3 is 14.6 Å². The molecule has 1 saturated heterocycles. The molecule has 2 aromatic rings. The minimum Gasteiger partial charge on any atom is -0.459 e. The molecule has 2 unspecified atom stereocenters. The predicted molar refractivity (Wildman–Crippen MR) is 111 cm³/mol. The van der Waals surface area contributed by atoms with Crippen LogP contribution >= 0.6 is 0 Å². The lowest BCUT2D eigenvalue weighted by Crippen LogP contribution is -2.51. The molecule has 2 fully saturated rings. The van der Waals surface area contributed by atoms with Crippen molar-refractivity contribution in [3.63, 3.8) is 0 Å². The first-order valence-corrected chi connectivity index (χ1v) is 11.0. The minimum atomic E-state index is -0.662. The summed E-state index contributed by atoms with van der Waals surface area (Å²) in [6, 6.07) is 6.94. The number of fused-ring (bicyclic) bond motifs is 1. The van der Waals surface area contributed by atoms with Crippen molar-refractivity contribution in [2.45, 2.75) is 44.2 Å². The topological polar surface area (TPSA) is 95.8 Å². The van der Waals surface area contributed by atoms with Crippen LogP contribution in [0.25, 0.3) is 0 Å². The first-order valence-electron chi connectivity index (χ1n) is 11.0. The maximum Gasteiger partial charge on any atom is 0.289 e. The lowest BCUT2D eigenvalue weighted by Gasteiger charge is -2.36. The van der Waals surface area contributed by atoms with Gasteiger partial charge in [-0.15, -0.1) is 0 Å². The molecular weight excluding hydrogens is 396 g/mol. The van der Waals surface area contributed by atoms with Gasteiger partial charge in [-0.3, -0.25) is 24.3 Å². The summed E-state index contributed by atoms with van der Waals surface area (Å²) < 4.78 is 5.28. The maximum absolute atomic E-state index is 13.8. The van der Waals surface area contributed by atoms with E-state index < -0.39 is 5.92 Å². The summed E-state index contributed by atoms with van der Waals surface area (Å²) in [6.45, 7) is 2.06. The first-order chi connectivity index (χ1) is 15.1. The molecule has 5 rings (SSSR count). The van der Waals surface area contributed by atoms with Crippen LogP contribution in [0.1, 0.15) is 53.4 Å². The lowest BCUT2D eigenvalue weighted by molar-refractivity contribution is -0.149. The Bertz CT molecular complexity index is 979. The van der Waals surface area contributed by atoms with Gasteiger partial charge in [0.15, 0.2) is 5.76 Å². The van der Waals surface area contributed by atoms with Crippen LogP contribution in [0.5, 0.6) is 0 Å². The standard InChI is InChI=1S/C23H26N4O4/c28-21(15-4-1-9-24-12-15)27(17-7-8-17)22(29)18-14-26(23(30)19-6-3-11-31-19)13-16-5-2-10-25-20(16)18/h2-3,5-6,10-11,15,17-18,24H,1,4,7-9,12-14H2. The molecule has 4 heterocycles. The molecule has 1 saturated carbocycles. The number of rotatable bonds is 4. The molecular formula is C23H26N4O4. The Labute approximate surface area is 180 Å². The van der Waals surface area contributed by atoms with Crippen LogP contribution in [0, 0.1) is 5.92 Å². The zero-order valence-corrected chi connectivity index (χ0v) is 17.3. The number of piperidine rings is 1. The smallest absolute Gasteiger partial charge is 0.289 e. The van der Waals surface area contributed by atoms with Gasteiger partial charge in [0.2, 0.25) is 11.8 Å². The van der Waals surface area contributed by atoms with Crippen molar-refractivity contribution >= 4 is 17.7 Å². The average molecular weight is 422 g/mol. The zero-order valence-electron chi connectivity index (χ0n) is 17.3. The number of nitrogens with zero attached hydrogens (tertiary/aromatic N) is 3. The molecule has 0 spiro atoms. The number of carbonyl (C=O) groups is 3. The number of hydrogen-bond donors (Lipinski definition) is 1. The Hall–Kier alpha value is -3.00. The van der Waals surface area contributed by atoms with E-state index in [2.05, 4.69) is 10.3 Å². The Morgan fingerprint density at radius 2 is 2.00 bits per heavy atom. The minimum absolute atomic E-state index is 0.0368. The second-order valence-electron chi connectivity index (χ2n) is 8.58. The molecule has 2 aliphatic heterocycles. The summed E-state index contributed by atoms with van der Waals surface area (Å²) in [4.78, 5) is 47.6. The highest BCUT2D eigenvalue weighted by molar-refractivity contribution is 6.01. The molecule has 1 N–H and O–H groups in total. The fraction of sp³-hybridized carbons (Fsp3) is 0.478. The van der Waals surface area contributed by atoms with Crippen molar-refractivity contribution in [1.82, 2.24) is 20.1 Å². The number of aromatic nitrogens is 1. The van der Waals surface area contributed by atoms with E-state index in [-0.39, 0.29) is 42.0 Å². The van der Waals surface area contributed by atoms with Crippen molar-refractivity contribution in [1.29, 1.82) is 0 Å². The van der Waals surface area contributed by atoms with E-state index in [9.17, 15) is 14.4 Å². The summed E-state index contributed by atoms with van der Waals surface area (Å²) in [5, 5.41) is 3.27. The summed E-state index contributed by atoms with van der Waals surface area (Å²) >= 11 is 0. The van der Waals surface area contributed by atoms with Crippen LogP contribution < -0.4 is 5.32 Å². The number of furan rings is 1. The summed E-state index contributed by atoms with van der Waals surface area (Å²) in [6.07, 6.45) is 6.54. The molecule has 0 bridgehead atoms. The molecule has 1 aliphatic carbocycles. The third kappa shape index (κ3) is 3.87. The molecule has 31 heavy (non-hydrogen) atoms. The second kappa shape index (κ2) is 8.26. The van der Waals surface area contributed by atoms with E-state index in [0.717, 1.165) is 37.8 Å². The molecule has 8 nitrogen and oxygen atoms in total. The predicted octanol–water partition coefficient (Wildman–Crippen LogP) is 1.93. The number of hydrogen-bond acceptors (Lipinski definition) is 6. The van der Waals surface area contributed by atoms with E-state index in [4.69, 9.17) is 4.42 Å². The van der Waals surface area contributed by atoms with Gasteiger partial charge >= 0.3 is 0 Å². The number of imide groups is 1. The second-order valence-corrected chi connectivity index (χ2v) is 8.58. The van der Waals surface area contributed by atoms with E-state index in [1.54, 1.807) is 29.3 Å². The van der Waals surface area contributed by atoms with Crippen LogP contribution in [-0.4, -0.2) is 58.2 Å². The number of carbonyl (C=O) groups excluding carboxylic acids is 3. The summed E-state index contributed by atoms with van der Waals surface area (Å²) in [7, 11) is 0. The van der Waals surface area contributed by atoms with Crippen molar-refractivity contribution in [2.75, 3.05) is 19.6 Å². The third-order valence-corrected chi connectivity index (χ3v) is 6.37. The van der Waals surface area contributed by atoms with Crippen LogP contribution in [0.3, 0.4) is 0 Å². The maximum atomic E-state index is 13.8. The molecule has 2 aromatic heterocycles. The molecule has 2 atom stereocenters. The largest absolute Gasteiger partial charge is 0.459 e.